The zero-order valence-electron chi connectivity index (χ0n) is 11.2. The molecular weight excluding hydrogens is 285 g/mol. The van der Waals surface area contributed by atoms with Crippen LogP contribution in [-0.4, -0.2) is 32.8 Å². The van der Waals surface area contributed by atoms with Gasteiger partial charge in [0.05, 0.1) is 13.2 Å². The number of rotatable bonds is 4. The topological polar surface area (TPSA) is 75.6 Å². The lowest BCUT2D eigenvalue weighted by molar-refractivity contribution is 0.117. The predicted molar refractivity (Wildman–Crippen MR) is 71.5 cm³/mol. The van der Waals surface area contributed by atoms with E-state index in [1.54, 1.807) is 0 Å². The van der Waals surface area contributed by atoms with E-state index in [2.05, 4.69) is 4.72 Å². The van der Waals surface area contributed by atoms with Crippen LogP contribution < -0.4 is 9.46 Å². The summed E-state index contributed by atoms with van der Waals surface area (Å²) in [7, 11) is -2.54. The van der Waals surface area contributed by atoms with Gasteiger partial charge in [0.15, 0.2) is 0 Å². The van der Waals surface area contributed by atoms with Crippen LogP contribution in [0.3, 0.4) is 0 Å². The van der Waals surface area contributed by atoms with Crippen molar-refractivity contribution in [1.29, 1.82) is 0 Å². The van der Waals surface area contributed by atoms with Crippen molar-refractivity contribution in [2.24, 2.45) is 0 Å². The minimum Gasteiger partial charge on any atom is -0.495 e. The molecule has 0 aromatic heterocycles. The monoisotopic (exact) mass is 303 g/mol. The summed E-state index contributed by atoms with van der Waals surface area (Å²) in [6.07, 6.45) is 1.98. The fraction of sp³-hybridized carbons (Fsp3) is 0.538. The number of benzene rings is 1. The maximum absolute atomic E-state index is 13.3. The number of hydrogen-bond acceptors (Lipinski definition) is 4. The van der Waals surface area contributed by atoms with E-state index in [1.165, 1.54) is 13.2 Å². The molecule has 1 aromatic carbocycles. The lowest BCUT2D eigenvalue weighted by Gasteiger charge is -2.26. The molecule has 20 heavy (non-hydrogen) atoms. The molecule has 0 aliphatic heterocycles. The fourth-order valence-corrected chi connectivity index (χ4v) is 3.88. The maximum atomic E-state index is 13.3. The Hall–Kier alpha value is -1.18. The van der Waals surface area contributed by atoms with Crippen molar-refractivity contribution >= 4 is 10.0 Å². The smallest absolute Gasteiger partial charge is 0.244 e. The fourth-order valence-electron chi connectivity index (χ4n) is 2.41. The molecule has 5 nitrogen and oxygen atoms in total. The Balaban J connectivity index is 2.24. The van der Waals surface area contributed by atoms with E-state index in [0.717, 1.165) is 18.6 Å². The van der Waals surface area contributed by atoms with Gasteiger partial charge in [-0.1, -0.05) is 0 Å². The molecule has 112 valence electrons. The summed E-state index contributed by atoms with van der Waals surface area (Å²) in [5.41, 5.74) is 0. The lowest BCUT2D eigenvalue weighted by Crippen LogP contribution is -2.39. The minimum atomic E-state index is -3.87. The van der Waals surface area contributed by atoms with Gasteiger partial charge in [-0.05, 0) is 43.9 Å². The van der Waals surface area contributed by atoms with E-state index in [0.29, 0.717) is 19.3 Å². The Kier molecular flexibility index (Phi) is 4.62. The van der Waals surface area contributed by atoms with E-state index in [4.69, 9.17) is 4.74 Å². The molecule has 1 aliphatic carbocycles. The number of aliphatic hydroxyl groups excluding tert-OH is 1. The molecule has 2 atom stereocenters. The van der Waals surface area contributed by atoms with Crippen LogP contribution in [0, 0.1) is 5.82 Å². The average Bonchev–Trinajstić information content (AvgIpc) is 2.38. The van der Waals surface area contributed by atoms with E-state index >= 15 is 0 Å². The molecule has 1 saturated carbocycles. The zero-order chi connectivity index (χ0) is 14.8. The van der Waals surface area contributed by atoms with Gasteiger partial charge in [-0.25, -0.2) is 17.5 Å². The van der Waals surface area contributed by atoms with Crippen LogP contribution in [0.5, 0.6) is 5.75 Å². The summed E-state index contributed by atoms with van der Waals surface area (Å²) in [5, 5.41) is 9.57. The largest absolute Gasteiger partial charge is 0.495 e. The first kappa shape index (κ1) is 15.2. The second-order valence-electron chi connectivity index (χ2n) is 4.93. The summed E-state index contributed by atoms with van der Waals surface area (Å²) in [6, 6.07) is 3.01. The first-order valence-electron chi connectivity index (χ1n) is 6.46. The summed E-state index contributed by atoms with van der Waals surface area (Å²) in [4.78, 5) is -0.222. The van der Waals surface area contributed by atoms with Crippen molar-refractivity contribution in [1.82, 2.24) is 4.72 Å². The van der Waals surface area contributed by atoms with Crippen molar-refractivity contribution in [2.45, 2.75) is 42.7 Å². The van der Waals surface area contributed by atoms with E-state index in [1.807, 2.05) is 0 Å². The summed E-state index contributed by atoms with van der Waals surface area (Å²) in [5.74, 6) is -0.551. The van der Waals surface area contributed by atoms with Gasteiger partial charge in [-0.2, -0.15) is 0 Å². The first-order chi connectivity index (χ1) is 9.42. The predicted octanol–water partition coefficient (Wildman–Crippen LogP) is 1.42. The van der Waals surface area contributed by atoms with Crippen LogP contribution in [0.15, 0.2) is 23.1 Å². The Morgan fingerprint density at radius 1 is 1.40 bits per heavy atom. The molecule has 0 unspecified atom stereocenters. The van der Waals surface area contributed by atoms with Gasteiger partial charge in [0.25, 0.3) is 0 Å². The first-order valence-corrected chi connectivity index (χ1v) is 7.94. The van der Waals surface area contributed by atoms with Gasteiger partial charge in [0.1, 0.15) is 16.5 Å². The molecule has 0 radical (unpaired) electrons. The van der Waals surface area contributed by atoms with Crippen LogP contribution >= 0.6 is 0 Å². The number of aliphatic hydroxyl groups is 1. The quantitative estimate of drug-likeness (QED) is 0.882. The second-order valence-corrected chi connectivity index (χ2v) is 6.62. The SMILES string of the molecule is COc1ccc(F)cc1S(=O)(=O)N[C@H]1CCC[C@@H](O)C1. The Morgan fingerprint density at radius 3 is 2.80 bits per heavy atom. The third-order valence-electron chi connectivity index (χ3n) is 3.38. The molecule has 1 aromatic rings. The Bertz CT molecular complexity index is 576. The molecule has 7 heteroatoms. The zero-order valence-corrected chi connectivity index (χ0v) is 12.0. The molecule has 1 aliphatic rings. The van der Waals surface area contributed by atoms with E-state index in [9.17, 15) is 17.9 Å². The highest BCUT2D eigenvalue weighted by Gasteiger charge is 2.27. The van der Waals surface area contributed by atoms with Crippen LogP contribution in [0.4, 0.5) is 4.39 Å². The van der Waals surface area contributed by atoms with Crippen molar-refractivity contribution in [3.05, 3.63) is 24.0 Å². The summed E-state index contributed by atoms with van der Waals surface area (Å²) >= 11 is 0. The Labute approximate surface area is 117 Å². The molecule has 0 amide bonds. The highest BCUT2D eigenvalue weighted by Crippen LogP contribution is 2.26. The summed E-state index contributed by atoms with van der Waals surface area (Å²) in [6.45, 7) is 0. The number of halogens is 1. The van der Waals surface area contributed by atoms with Crippen molar-refractivity contribution in [2.75, 3.05) is 7.11 Å². The number of nitrogens with one attached hydrogen (secondary N) is 1. The highest BCUT2D eigenvalue weighted by molar-refractivity contribution is 7.89. The second kappa shape index (κ2) is 6.07. The lowest BCUT2D eigenvalue weighted by atomic mass is 9.94. The minimum absolute atomic E-state index is 0.0928. The Morgan fingerprint density at radius 2 is 2.15 bits per heavy atom. The third kappa shape index (κ3) is 3.47. The van der Waals surface area contributed by atoms with Crippen LogP contribution in [0.1, 0.15) is 25.7 Å². The molecule has 2 N–H and O–H groups in total. The number of methoxy groups -OCH3 is 1. The molecule has 0 spiro atoms. The number of ether oxygens (including phenoxy) is 1. The van der Waals surface area contributed by atoms with Crippen LogP contribution in [-0.2, 0) is 10.0 Å². The van der Waals surface area contributed by atoms with Crippen LogP contribution in [0.25, 0.3) is 0 Å². The van der Waals surface area contributed by atoms with Crippen molar-refractivity contribution in [3.63, 3.8) is 0 Å². The molecule has 0 saturated heterocycles. The van der Waals surface area contributed by atoms with Gasteiger partial charge in [0.2, 0.25) is 10.0 Å². The highest BCUT2D eigenvalue weighted by atomic mass is 32.2. The van der Waals surface area contributed by atoms with Gasteiger partial charge in [0, 0.05) is 6.04 Å². The number of sulfonamides is 1. The standard InChI is InChI=1S/C13H18FNO4S/c1-19-12-6-5-9(14)7-13(12)20(17,18)15-10-3-2-4-11(16)8-10/h5-7,10-11,15-16H,2-4,8H2,1H3/t10-,11+/m0/s1. The van der Waals surface area contributed by atoms with Crippen LogP contribution in [0.2, 0.25) is 0 Å². The van der Waals surface area contributed by atoms with Crippen molar-refractivity contribution < 1.29 is 22.7 Å². The third-order valence-corrected chi connectivity index (χ3v) is 4.93. The molecular formula is C13H18FNO4S. The van der Waals surface area contributed by atoms with Gasteiger partial charge >= 0.3 is 0 Å². The number of hydrogen-bond donors (Lipinski definition) is 2. The molecule has 2 rings (SSSR count). The van der Waals surface area contributed by atoms with Crippen molar-refractivity contribution in [3.8, 4) is 5.75 Å². The molecule has 0 heterocycles. The van der Waals surface area contributed by atoms with Gasteiger partial charge < -0.3 is 9.84 Å². The normalized spacial score (nSPS) is 23.6. The van der Waals surface area contributed by atoms with E-state index < -0.39 is 21.9 Å². The molecule has 1 fully saturated rings. The summed E-state index contributed by atoms with van der Waals surface area (Å²) < 4.78 is 45.3. The van der Waals surface area contributed by atoms with Gasteiger partial charge in [-0.15, -0.1) is 0 Å². The average molecular weight is 303 g/mol. The maximum Gasteiger partial charge on any atom is 0.244 e. The van der Waals surface area contributed by atoms with E-state index in [-0.39, 0.29) is 16.7 Å². The van der Waals surface area contributed by atoms with Gasteiger partial charge in [-0.3, -0.25) is 0 Å². The molecule has 0 bridgehead atoms.